The van der Waals surface area contributed by atoms with Crippen molar-refractivity contribution in [3.05, 3.63) is 0 Å². The molecule has 0 bridgehead atoms. The van der Waals surface area contributed by atoms with E-state index in [0.717, 1.165) is 6.61 Å². The van der Waals surface area contributed by atoms with E-state index >= 15 is 0 Å². The van der Waals surface area contributed by atoms with E-state index in [0.29, 0.717) is 17.1 Å². The summed E-state index contributed by atoms with van der Waals surface area (Å²) >= 11 is 4.94. The fraction of sp³-hybridized carbons (Fsp3) is 0.857. The number of nitrogens with zero attached hydrogens (tertiary/aromatic N) is 1. The summed E-state index contributed by atoms with van der Waals surface area (Å²) in [6, 6.07) is 0.479. The van der Waals surface area contributed by atoms with Crippen molar-refractivity contribution in [2.24, 2.45) is 5.92 Å². The van der Waals surface area contributed by atoms with Crippen molar-refractivity contribution in [1.29, 1.82) is 0 Å². The zero-order chi connectivity index (χ0) is 7.72. The van der Waals surface area contributed by atoms with Crippen LogP contribution in [0.5, 0.6) is 0 Å². The summed E-state index contributed by atoms with van der Waals surface area (Å²) < 4.78 is 5.20. The molecule has 1 fully saturated rings. The van der Waals surface area contributed by atoms with Crippen molar-refractivity contribution in [3.8, 4) is 0 Å². The highest BCUT2D eigenvalue weighted by molar-refractivity contribution is 7.80. The Morgan fingerprint density at radius 2 is 2.30 bits per heavy atom. The summed E-state index contributed by atoms with van der Waals surface area (Å²) in [4.78, 5) is 2.03. The minimum atomic E-state index is 0.479. The van der Waals surface area contributed by atoms with Gasteiger partial charge in [0.2, 0.25) is 0 Å². The van der Waals surface area contributed by atoms with Gasteiger partial charge in [-0.1, -0.05) is 13.8 Å². The van der Waals surface area contributed by atoms with E-state index < -0.39 is 0 Å². The van der Waals surface area contributed by atoms with Crippen molar-refractivity contribution >= 4 is 17.4 Å². The van der Waals surface area contributed by atoms with Gasteiger partial charge in [0.1, 0.15) is 6.61 Å². The van der Waals surface area contributed by atoms with Crippen molar-refractivity contribution in [2.45, 2.75) is 19.9 Å². The Morgan fingerprint density at radius 1 is 1.70 bits per heavy atom. The minimum Gasteiger partial charge on any atom is -0.469 e. The topological polar surface area (TPSA) is 12.5 Å². The minimum absolute atomic E-state index is 0.479. The van der Waals surface area contributed by atoms with Crippen LogP contribution in [0.1, 0.15) is 13.8 Å². The first-order chi connectivity index (χ1) is 4.63. The van der Waals surface area contributed by atoms with Crippen LogP contribution >= 0.6 is 12.2 Å². The van der Waals surface area contributed by atoms with Crippen LogP contribution in [0.4, 0.5) is 0 Å². The first kappa shape index (κ1) is 7.79. The fourth-order valence-corrected chi connectivity index (χ4v) is 1.35. The van der Waals surface area contributed by atoms with E-state index in [1.54, 1.807) is 0 Å². The van der Waals surface area contributed by atoms with Gasteiger partial charge in [-0.15, -0.1) is 0 Å². The average Bonchev–Trinajstić information content (AvgIpc) is 2.14. The number of ether oxygens (including phenoxy) is 1. The SMILES string of the molecule is CC(C)[C@@H]1COC(=S)N1C. The molecular weight excluding hydrogens is 146 g/mol. The van der Waals surface area contributed by atoms with Crippen LogP contribution in [0.15, 0.2) is 0 Å². The van der Waals surface area contributed by atoms with Gasteiger partial charge in [0, 0.05) is 7.05 Å². The molecule has 0 aromatic rings. The maximum Gasteiger partial charge on any atom is 0.259 e. The molecule has 2 nitrogen and oxygen atoms in total. The van der Waals surface area contributed by atoms with Crippen molar-refractivity contribution < 1.29 is 4.74 Å². The lowest BCUT2D eigenvalue weighted by molar-refractivity contribution is 0.273. The maximum absolute atomic E-state index is 5.20. The number of rotatable bonds is 1. The number of likely N-dealkylation sites (N-methyl/N-ethyl adjacent to an activating group) is 1. The molecule has 0 spiro atoms. The summed E-state index contributed by atoms with van der Waals surface area (Å²) in [5.41, 5.74) is 0. The van der Waals surface area contributed by atoms with Crippen LogP contribution in [0.2, 0.25) is 0 Å². The Kier molecular flexibility index (Phi) is 2.14. The fourth-order valence-electron chi connectivity index (χ4n) is 1.15. The van der Waals surface area contributed by atoms with Gasteiger partial charge >= 0.3 is 0 Å². The molecule has 3 heteroatoms. The van der Waals surface area contributed by atoms with Crippen LogP contribution in [0, 0.1) is 5.92 Å². The second-order valence-electron chi connectivity index (χ2n) is 3.00. The van der Waals surface area contributed by atoms with Crippen LogP contribution in [0.3, 0.4) is 0 Å². The molecule has 0 radical (unpaired) electrons. The van der Waals surface area contributed by atoms with Crippen LogP contribution in [-0.4, -0.2) is 29.8 Å². The Labute approximate surface area is 67.2 Å². The molecular formula is C7H13NOS. The highest BCUT2D eigenvalue weighted by Crippen LogP contribution is 2.16. The van der Waals surface area contributed by atoms with E-state index in [-0.39, 0.29) is 0 Å². The zero-order valence-electron chi connectivity index (χ0n) is 6.63. The van der Waals surface area contributed by atoms with Gasteiger partial charge in [-0.3, -0.25) is 0 Å². The first-order valence-electron chi connectivity index (χ1n) is 3.52. The Morgan fingerprint density at radius 3 is 2.50 bits per heavy atom. The molecule has 0 unspecified atom stereocenters. The number of hydrogen-bond acceptors (Lipinski definition) is 2. The van der Waals surface area contributed by atoms with E-state index in [2.05, 4.69) is 13.8 Å². The average molecular weight is 159 g/mol. The van der Waals surface area contributed by atoms with Crippen LogP contribution in [-0.2, 0) is 4.74 Å². The first-order valence-corrected chi connectivity index (χ1v) is 3.93. The molecule has 10 heavy (non-hydrogen) atoms. The molecule has 0 aromatic heterocycles. The van der Waals surface area contributed by atoms with Gasteiger partial charge in [0.15, 0.2) is 0 Å². The lowest BCUT2D eigenvalue weighted by Gasteiger charge is -2.20. The Hall–Kier alpha value is -0.310. The molecule has 0 N–H and O–H groups in total. The number of hydrogen-bond donors (Lipinski definition) is 0. The summed E-state index contributed by atoms with van der Waals surface area (Å²) in [6.07, 6.45) is 0. The van der Waals surface area contributed by atoms with Gasteiger partial charge < -0.3 is 9.64 Å². The van der Waals surface area contributed by atoms with Gasteiger partial charge in [0.05, 0.1) is 6.04 Å². The maximum atomic E-state index is 5.20. The molecule has 0 saturated carbocycles. The monoisotopic (exact) mass is 159 g/mol. The van der Waals surface area contributed by atoms with Crippen molar-refractivity contribution in [1.82, 2.24) is 4.90 Å². The molecule has 1 atom stereocenters. The molecule has 1 rings (SSSR count). The quantitative estimate of drug-likeness (QED) is 0.534. The van der Waals surface area contributed by atoms with E-state index in [1.807, 2.05) is 11.9 Å². The molecule has 1 aliphatic heterocycles. The molecule has 0 aliphatic carbocycles. The standard InChI is InChI=1S/C7H13NOS/c1-5(2)6-4-9-7(10)8(6)3/h5-6H,4H2,1-3H3/t6-/m0/s1. The van der Waals surface area contributed by atoms with E-state index in [9.17, 15) is 0 Å². The third kappa shape index (κ3) is 1.24. The van der Waals surface area contributed by atoms with Crippen molar-refractivity contribution in [3.63, 3.8) is 0 Å². The normalized spacial score (nSPS) is 25.8. The Bertz CT molecular complexity index is 147. The summed E-state index contributed by atoms with van der Waals surface area (Å²) in [7, 11) is 1.99. The van der Waals surface area contributed by atoms with Gasteiger partial charge in [-0.25, -0.2) is 0 Å². The molecule has 1 saturated heterocycles. The van der Waals surface area contributed by atoms with Gasteiger partial charge in [-0.05, 0) is 18.1 Å². The molecule has 0 amide bonds. The van der Waals surface area contributed by atoms with Gasteiger partial charge in [0.25, 0.3) is 5.17 Å². The summed E-state index contributed by atoms with van der Waals surface area (Å²) in [6.45, 7) is 5.12. The van der Waals surface area contributed by atoms with Crippen molar-refractivity contribution in [2.75, 3.05) is 13.7 Å². The lowest BCUT2D eigenvalue weighted by atomic mass is 10.1. The second-order valence-corrected chi connectivity index (χ2v) is 3.35. The smallest absolute Gasteiger partial charge is 0.259 e. The molecule has 0 aromatic carbocycles. The number of thiocarbonyl (C=S) groups is 1. The summed E-state index contributed by atoms with van der Waals surface area (Å²) in [5, 5.41) is 0.638. The summed E-state index contributed by atoms with van der Waals surface area (Å²) in [5.74, 6) is 0.616. The molecule has 1 aliphatic rings. The predicted octanol–water partition coefficient (Wildman–Crippen LogP) is 1.26. The van der Waals surface area contributed by atoms with E-state index in [4.69, 9.17) is 17.0 Å². The second kappa shape index (κ2) is 2.74. The lowest BCUT2D eigenvalue weighted by Crippen LogP contribution is -2.33. The predicted molar refractivity (Wildman–Crippen MR) is 44.9 cm³/mol. The highest BCUT2D eigenvalue weighted by atomic mass is 32.1. The highest BCUT2D eigenvalue weighted by Gasteiger charge is 2.28. The van der Waals surface area contributed by atoms with Crippen LogP contribution < -0.4 is 0 Å². The third-order valence-electron chi connectivity index (χ3n) is 1.93. The molecule has 1 heterocycles. The van der Waals surface area contributed by atoms with E-state index in [1.165, 1.54) is 0 Å². The third-order valence-corrected chi connectivity index (χ3v) is 2.34. The largest absolute Gasteiger partial charge is 0.469 e. The van der Waals surface area contributed by atoms with Gasteiger partial charge in [-0.2, -0.15) is 0 Å². The molecule has 58 valence electrons. The Balaban J connectivity index is 2.57. The zero-order valence-corrected chi connectivity index (χ0v) is 7.44. The van der Waals surface area contributed by atoms with Crippen LogP contribution in [0.25, 0.3) is 0 Å².